The smallest absolute Gasteiger partial charge is 0.412 e. The lowest BCUT2D eigenvalue weighted by Crippen LogP contribution is -2.27. The zero-order valence-corrected chi connectivity index (χ0v) is 15.3. The van der Waals surface area contributed by atoms with Crippen molar-refractivity contribution in [1.82, 2.24) is 0 Å². The van der Waals surface area contributed by atoms with Gasteiger partial charge in [0, 0.05) is 11.8 Å². The van der Waals surface area contributed by atoms with Crippen molar-refractivity contribution in [2.75, 3.05) is 11.6 Å². The number of anilines is 1. The number of halogens is 1. The molecule has 1 N–H and O–H groups in total. The average molecular weight is 365 g/mol. The van der Waals surface area contributed by atoms with Crippen molar-refractivity contribution in [3.63, 3.8) is 0 Å². The minimum atomic E-state index is -3.46. The van der Waals surface area contributed by atoms with E-state index in [0.29, 0.717) is 11.1 Å². The highest BCUT2D eigenvalue weighted by molar-refractivity contribution is 7.90. The number of nitrogens with one attached hydrogen (secondary N) is 1. The molecule has 134 valence electrons. The molecule has 5 nitrogen and oxygen atoms in total. The Bertz CT molecular complexity index is 902. The van der Waals surface area contributed by atoms with Gasteiger partial charge in [0.1, 0.15) is 11.4 Å². The quantitative estimate of drug-likeness (QED) is 0.883. The highest BCUT2D eigenvalue weighted by Gasteiger charge is 2.19. The fourth-order valence-electron chi connectivity index (χ4n) is 2.23. The van der Waals surface area contributed by atoms with E-state index in [0.717, 1.165) is 6.26 Å². The van der Waals surface area contributed by atoms with Gasteiger partial charge in [0.2, 0.25) is 0 Å². The molecule has 2 aromatic carbocycles. The molecule has 0 heterocycles. The van der Waals surface area contributed by atoms with Crippen LogP contribution < -0.4 is 5.32 Å². The molecule has 0 aliphatic rings. The molecule has 0 aliphatic heterocycles. The van der Waals surface area contributed by atoms with E-state index in [1.165, 1.54) is 18.2 Å². The van der Waals surface area contributed by atoms with Gasteiger partial charge in [0.25, 0.3) is 0 Å². The number of hydrogen-bond donors (Lipinski definition) is 1. The summed E-state index contributed by atoms with van der Waals surface area (Å²) in [6, 6.07) is 10.4. The molecule has 2 rings (SSSR count). The summed E-state index contributed by atoms with van der Waals surface area (Å²) in [5, 5.41) is 2.34. The average Bonchev–Trinajstić information content (AvgIpc) is 2.46. The van der Waals surface area contributed by atoms with Gasteiger partial charge in [-0.1, -0.05) is 24.3 Å². The van der Waals surface area contributed by atoms with Crippen LogP contribution in [-0.2, 0) is 14.6 Å². The predicted molar refractivity (Wildman–Crippen MR) is 94.8 cm³/mol. The van der Waals surface area contributed by atoms with Gasteiger partial charge in [-0.2, -0.15) is 0 Å². The second-order valence-electron chi connectivity index (χ2n) is 6.59. The summed E-state index contributed by atoms with van der Waals surface area (Å²) in [5.41, 5.74) is 0.0466. The number of amides is 1. The Morgan fingerprint density at radius 1 is 1.12 bits per heavy atom. The fourth-order valence-corrected chi connectivity index (χ4v) is 3.14. The first-order chi connectivity index (χ1) is 11.5. The number of benzene rings is 2. The molecule has 0 atom stereocenters. The second kappa shape index (κ2) is 6.84. The Labute approximate surface area is 146 Å². The van der Waals surface area contributed by atoms with E-state index >= 15 is 0 Å². The van der Waals surface area contributed by atoms with E-state index in [4.69, 9.17) is 4.74 Å². The largest absolute Gasteiger partial charge is 0.444 e. The molecular weight excluding hydrogens is 345 g/mol. The molecule has 0 unspecified atom stereocenters. The molecule has 25 heavy (non-hydrogen) atoms. The summed E-state index contributed by atoms with van der Waals surface area (Å²) in [7, 11) is -3.46. The minimum Gasteiger partial charge on any atom is -0.444 e. The Kier molecular flexibility index (Phi) is 5.17. The summed E-state index contributed by atoms with van der Waals surface area (Å²) >= 11 is 0. The molecule has 2 aromatic rings. The minimum absolute atomic E-state index is 0.0464. The van der Waals surface area contributed by atoms with Crippen LogP contribution >= 0.6 is 0 Å². The number of carbonyl (C=O) groups is 1. The molecule has 7 heteroatoms. The number of rotatable bonds is 3. The van der Waals surface area contributed by atoms with Crippen LogP contribution in [0.4, 0.5) is 14.9 Å². The van der Waals surface area contributed by atoms with E-state index in [1.807, 2.05) is 0 Å². The van der Waals surface area contributed by atoms with Crippen molar-refractivity contribution < 1.29 is 22.3 Å². The van der Waals surface area contributed by atoms with Crippen LogP contribution in [0.15, 0.2) is 47.4 Å². The summed E-state index contributed by atoms with van der Waals surface area (Å²) in [4.78, 5) is 11.9. The van der Waals surface area contributed by atoms with Gasteiger partial charge in [-0.25, -0.2) is 17.6 Å². The third-order valence-corrected chi connectivity index (χ3v) is 4.36. The van der Waals surface area contributed by atoms with Gasteiger partial charge in [-0.15, -0.1) is 0 Å². The normalized spacial score (nSPS) is 11.9. The van der Waals surface area contributed by atoms with Gasteiger partial charge in [-0.3, -0.25) is 5.32 Å². The molecule has 0 radical (unpaired) electrons. The number of ether oxygens (including phenoxy) is 1. The van der Waals surface area contributed by atoms with Gasteiger partial charge < -0.3 is 4.74 Å². The third kappa shape index (κ3) is 5.03. The van der Waals surface area contributed by atoms with Crippen LogP contribution in [0.2, 0.25) is 0 Å². The van der Waals surface area contributed by atoms with Crippen LogP contribution in [0.25, 0.3) is 11.1 Å². The first-order valence-electron chi connectivity index (χ1n) is 7.56. The van der Waals surface area contributed by atoms with Crippen molar-refractivity contribution >= 4 is 21.6 Å². The number of hydrogen-bond acceptors (Lipinski definition) is 4. The maximum atomic E-state index is 14.3. The molecule has 0 saturated heterocycles. The predicted octanol–water partition coefficient (Wildman–Crippen LogP) is 4.24. The van der Waals surface area contributed by atoms with Crippen LogP contribution in [0.5, 0.6) is 0 Å². The van der Waals surface area contributed by atoms with Gasteiger partial charge in [-0.05, 0) is 44.5 Å². The van der Waals surface area contributed by atoms with E-state index in [1.54, 1.807) is 45.0 Å². The SMILES string of the molecule is CC(C)(C)OC(=O)Nc1ccc(-c2ccccc2S(C)(=O)=O)cc1F. The Hall–Kier alpha value is -2.41. The summed E-state index contributed by atoms with van der Waals surface area (Å²) in [5.74, 6) is -0.688. The Balaban J connectivity index is 2.34. The topological polar surface area (TPSA) is 72.5 Å². The molecule has 0 spiro atoms. The number of sulfone groups is 1. The zero-order valence-electron chi connectivity index (χ0n) is 14.5. The molecule has 0 saturated carbocycles. The van der Waals surface area contributed by atoms with Crippen molar-refractivity contribution in [2.45, 2.75) is 31.3 Å². The first kappa shape index (κ1) is 18.9. The van der Waals surface area contributed by atoms with Crippen LogP contribution in [0.3, 0.4) is 0 Å². The van der Waals surface area contributed by atoms with Gasteiger partial charge in [0.15, 0.2) is 9.84 Å². The Morgan fingerprint density at radius 3 is 2.32 bits per heavy atom. The van der Waals surface area contributed by atoms with Crippen molar-refractivity contribution in [2.24, 2.45) is 0 Å². The van der Waals surface area contributed by atoms with E-state index in [-0.39, 0.29) is 10.6 Å². The lowest BCUT2D eigenvalue weighted by atomic mass is 10.1. The highest BCUT2D eigenvalue weighted by atomic mass is 32.2. The molecule has 0 aromatic heterocycles. The maximum absolute atomic E-state index is 14.3. The van der Waals surface area contributed by atoms with Crippen LogP contribution in [0, 0.1) is 5.82 Å². The van der Waals surface area contributed by atoms with E-state index < -0.39 is 27.3 Å². The third-order valence-electron chi connectivity index (χ3n) is 3.20. The highest BCUT2D eigenvalue weighted by Crippen LogP contribution is 2.29. The first-order valence-corrected chi connectivity index (χ1v) is 9.45. The molecule has 0 aliphatic carbocycles. The monoisotopic (exact) mass is 365 g/mol. The van der Waals surface area contributed by atoms with Crippen molar-refractivity contribution in [1.29, 1.82) is 0 Å². The standard InChI is InChI=1S/C18H20FNO4S/c1-18(2,3)24-17(21)20-15-10-9-12(11-14(15)19)13-7-5-6-8-16(13)25(4,22)23/h5-11H,1-4H3,(H,20,21). The molecular formula is C18H20FNO4S. The Morgan fingerprint density at radius 2 is 1.76 bits per heavy atom. The van der Waals surface area contributed by atoms with Crippen LogP contribution in [-0.4, -0.2) is 26.4 Å². The van der Waals surface area contributed by atoms with Gasteiger partial charge in [0.05, 0.1) is 10.6 Å². The lowest BCUT2D eigenvalue weighted by molar-refractivity contribution is 0.0635. The summed E-state index contributed by atoms with van der Waals surface area (Å²) in [6.07, 6.45) is 0.330. The van der Waals surface area contributed by atoms with Crippen molar-refractivity contribution in [3.8, 4) is 11.1 Å². The molecule has 0 bridgehead atoms. The second-order valence-corrected chi connectivity index (χ2v) is 8.57. The van der Waals surface area contributed by atoms with Gasteiger partial charge >= 0.3 is 6.09 Å². The maximum Gasteiger partial charge on any atom is 0.412 e. The molecule has 1 amide bonds. The van der Waals surface area contributed by atoms with E-state index in [2.05, 4.69) is 5.32 Å². The van der Waals surface area contributed by atoms with Crippen LogP contribution in [0.1, 0.15) is 20.8 Å². The number of carbonyl (C=O) groups excluding carboxylic acids is 1. The van der Waals surface area contributed by atoms with Crippen molar-refractivity contribution in [3.05, 3.63) is 48.3 Å². The molecule has 0 fully saturated rings. The fraction of sp³-hybridized carbons (Fsp3) is 0.278. The summed E-state index contributed by atoms with van der Waals surface area (Å²) in [6.45, 7) is 5.11. The van der Waals surface area contributed by atoms with E-state index in [9.17, 15) is 17.6 Å². The zero-order chi connectivity index (χ0) is 18.8. The lowest BCUT2D eigenvalue weighted by Gasteiger charge is -2.20. The summed E-state index contributed by atoms with van der Waals surface area (Å²) < 4.78 is 43.2.